The molecule has 0 amide bonds. The first kappa shape index (κ1) is 44.3. The van der Waals surface area contributed by atoms with Gasteiger partial charge in [-0.25, -0.2) is 4.98 Å². The third-order valence-corrected chi connectivity index (χ3v) is 13.7. The van der Waals surface area contributed by atoms with Gasteiger partial charge in [0.15, 0.2) is 0 Å². The number of furan rings is 1. The fourth-order valence-corrected chi connectivity index (χ4v) is 10.0. The second-order valence-corrected chi connectivity index (χ2v) is 24.2. The average molecular weight is 976 g/mol. The van der Waals surface area contributed by atoms with Crippen LogP contribution < -0.4 is 5.19 Å². The van der Waals surface area contributed by atoms with Gasteiger partial charge in [-0.05, 0) is 75.8 Å². The molecule has 4 aromatic heterocycles. The smallest absolute Gasteiger partial charge is 0.216 e. The minimum Gasteiger partial charge on any atom is -0.486 e. The van der Waals surface area contributed by atoms with E-state index in [1.165, 1.54) is 53.1 Å². The summed E-state index contributed by atoms with van der Waals surface area (Å²) in [5.41, 5.74) is 13.2. The molecule has 0 saturated heterocycles. The minimum absolute atomic E-state index is 0. The molecule has 7 aromatic rings. The SMILES string of the molecule is CC(C)Cc1cc(-c2[c-]ccc(C(C)(C)C)c2)ncc1[Si](C)(C)C.CC(C)c1cnc(-c2[c-]ccc3c2oc2nc(-c4ccccc4)ccc23)cc1CC1CCCC1.[Ir]. The van der Waals surface area contributed by atoms with Crippen LogP contribution in [0, 0.1) is 24.0 Å². The molecule has 309 valence electrons. The van der Waals surface area contributed by atoms with Gasteiger partial charge in [-0.3, -0.25) is 0 Å². The van der Waals surface area contributed by atoms with E-state index < -0.39 is 8.07 Å². The number of rotatable bonds is 9. The maximum absolute atomic E-state index is 6.37. The molecule has 0 aliphatic heterocycles. The van der Waals surface area contributed by atoms with E-state index in [4.69, 9.17) is 19.4 Å². The van der Waals surface area contributed by atoms with Gasteiger partial charge in [0.2, 0.25) is 5.71 Å². The summed E-state index contributed by atoms with van der Waals surface area (Å²) < 4.78 is 6.37. The summed E-state index contributed by atoms with van der Waals surface area (Å²) in [5, 5.41) is 3.57. The molecule has 0 N–H and O–H groups in total. The monoisotopic (exact) mass is 976 g/mol. The van der Waals surface area contributed by atoms with Gasteiger partial charge in [-0.2, -0.15) is 0 Å². The predicted octanol–water partition coefficient (Wildman–Crippen LogP) is 14.0. The number of benzene rings is 3. The largest absolute Gasteiger partial charge is 0.486 e. The zero-order valence-electron chi connectivity index (χ0n) is 36.8. The molecule has 1 fully saturated rings. The first-order valence-corrected chi connectivity index (χ1v) is 25.0. The zero-order valence-corrected chi connectivity index (χ0v) is 40.2. The standard InChI is InChI=1S/C31H29N2O.C22H32NSi.Ir/c1-20(2)27-19-32-29(18-23(27)17-21-9-6-7-10-21)26-14-8-13-24-25-15-16-28(22-11-4-3-5-12-22)33-31(25)34-30(24)26;1-16(2)12-18-14-20(23-15-21(18)24(6,7)8)17-10-9-11-19(13-17)22(3,4)5;/h3-5,8,11-13,15-16,18-21H,6-7,9-10,17H2,1-2H3;9,11,13-16H,12H2,1-8H3;/q2*-1;. The summed E-state index contributed by atoms with van der Waals surface area (Å²) in [7, 11) is -1.38. The fourth-order valence-electron chi connectivity index (χ4n) is 8.46. The normalized spacial score (nSPS) is 13.6. The van der Waals surface area contributed by atoms with Crippen LogP contribution in [0.3, 0.4) is 0 Å². The van der Waals surface area contributed by atoms with Crippen molar-refractivity contribution in [1.29, 1.82) is 0 Å². The van der Waals surface area contributed by atoms with Crippen LogP contribution >= 0.6 is 0 Å². The number of hydrogen-bond donors (Lipinski definition) is 0. The van der Waals surface area contributed by atoms with Gasteiger partial charge in [0, 0.05) is 43.4 Å². The molecule has 1 aliphatic rings. The van der Waals surface area contributed by atoms with E-state index in [9.17, 15) is 0 Å². The molecule has 0 atom stereocenters. The minimum atomic E-state index is -1.38. The molecule has 4 heterocycles. The summed E-state index contributed by atoms with van der Waals surface area (Å²) in [4.78, 5) is 14.5. The van der Waals surface area contributed by atoms with Gasteiger partial charge < -0.3 is 14.4 Å². The van der Waals surface area contributed by atoms with Gasteiger partial charge in [-0.1, -0.05) is 153 Å². The Balaban J connectivity index is 0.000000208. The summed E-state index contributed by atoms with van der Waals surface area (Å²) in [6.07, 6.45) is 11.9. The van der Waals surface area contributed by atoms with Crippen LogP contribution in [-0.4, -0.2) is 23.0 Å². The third kappa shape index (κ3) is 10.4. The van der Waals surface area contributed by atoms with E-state index in [0.29, 0.717) is 17.5 Å². The van der Waals surface area contributed by atoms with Gasteiger partial charge in [0.25, 0.3) is 0 Å². The second-order valence-electron chi connectivity index (χ2n) is 19.2. The van der Waals surface area contributed by atoms with Crippen molar-refractivity contribution < 1.29 is 24.5 Å². The molecule has 6 heteroatoms. The summed E-state index contributed by atoms with van der Waals surface area (Å²) in [6, 6.07) is 36.3. The zero-order chi connectivity index (χ0) is 41.2. The molecular formula is C53H61IrN3OSi-2. The van der Waals surface area contributed by atoms with E-state index in [0.717, 1.165) is 68.9 Å². The first-order valence-electron chi connectivity index (χ1n) is 21.5. The van der Waals surface area contributed by atoms with Crippen LogP contribution in [0.5, 0.6) is 0 Å². The first-order chi connectivity index (χ1) is 27.7. The summed E-state index contributed by atoms with van der Waals surface area (Å²) in [6.45, 7) is 23.1. The second kappa shape index (κ2) is 18.6. The van der Waals surface area contributed by atoms with E-state index in [-0.39, 0.29) is 25.5 Å². The van der Waals surface area contributed by atoms with Crippen LogP contribution in [0.25, 0.3) is 55.8 Å². The van der Waals surface area contributed by atoms with Crippen molar-refractivity contribution in [2.75, 3.05) is 0 Å². The van der Waals surface area contributed by atoms with Gasteiger partial charge in [-0.15, -0.1) is 53.6 Å². The molecule has 1 aliphatic carbocycles. The van der Waals surface area contributed by atoms with E-state index in [1.807, 2.05) is 30.3 Å². The number of fused-ring (bicyclic) bond motifs is 3. The Morgan fingerprint density at radius 2 is 1.46 bits per heavy atom. The fraction of sp³-hybridized carbons (Fsp3) is 0.377. The quantitative estimate of drug-likeness (QED) is 0.107. The van der Waals surface area contributed by atoms with Crippen LogP contribution in [0.15, 0.2) is 102 Å². The molecule has 8 rings (SSSR count). The van der Waals surface area contributed by atoms with Crippen molar-refractivity contribution in [2.45, 2.75) is 118 Å². The topological polar surface area (TPSA) is 51.8 Å². The van der Waals surface area contributed by atoms with E-state index in [1.54, 1.807) is 0 Å². The van der Waals surface area contributed by atoms with Crippen molar-refractivity contribution in [2.24, 2.45) is 11.8 Å². The number of aromatic nitrogens is 3. The number of nitrogens with zero attached hydrogens (tertiary/aromatic N) is 3. The van der Waals surface area contributed by atoms with Crippen molar-refractivity contribution in [1.82, 2.24) is 15.0 Å². The average Bonchev–Trinajstić information content (AvgIpc) is 3.85. The van der Waals surface area contributed by atoms with E-state index in [2.05, 4.69) is 147 Å². The molecule has 0 unspecified atom stereocenters. The van der Waals surface area contributed by atoms with Gasteiger partial charge in [0.05, 0.1) is 19.4 Å². The Morgan fingerprint density at radius 1 is 0.763 bits per heavy atom. The molecule has 0 spiro atoms. The Morgan fingerprint density at radius 3 is 2.14 bits per heavy atom. The maximum Gasteiger partial charge on any atom is 0.216 e. The maximum atomic E-state index is 6.37. The summed E-state index contributed by atoms with van der Waals surface area (Å²) >= 11 is 0. The molecule has 1 radical (unpaired) electrons. The van der Waals surface area contributed by atoms with Gasteiger partial charge in [0.1, 0.15) is 0 Å². The predicted molar refractivity (Wildman–Crippen MR) is 247 cm³/mol. The van der Waals surface area contributed by atoms with Crippen LogP contribution in [0.1, 0.15) is 102 Å². The molecule has 0 bridgehead atoms. The van der Waals surface area contributed by atoms with E-state index >= 15 is 0 Å². The van der Waals surface area contributed by atoms with Crippen molar-refractivity contribution >= 4 is 35.3 Å². The van der Waals surface area contributed by atoms with Gasteiger partial charge >= 0.3 is 0 Å². The van der Waals surface area contributed by atoms with Crippen LogP contribution in [-0.2, 0) is 38.4 Å². The van der Waals surface area contributed by atoms with Crippen molar-refractivity contribution in [3.63, 3.8) is 0 Å². The molecule has 3 aromatic carbocycles. The Bertz CT molecular complexity index is 2500. The molecule has 59 heavy (non-hydrogen) atoms. The van der Waals surface area contributed by atoms with Crippen LogP contribution in [0.2, 0.25) is 19.6 Å². The molecule has 1 saturated carbocycles. The van der Waals surface area contributed by atoms with Crippen LogP contribution in [0.4, 0.5) is 0 Å². The Kier molecular flexibility index (Phi) is 14.0. The van der Waals surface area contributed by atoms with Crippen molar-refractivity contribution in [3.8, 4) is 33.8 Å². The summed E-state index contributed by atoms with van der Waals surface area (Å²) in [5.74, 6) is 1.91. The Hall–Kier alpha value is -4.22. The molecule has 4 nitrogen and oxygen atoms in total. The Labute approximate surface area is 368 Å². The number of hydrogen-bond acceptors (Lipinski definition) is 4. The van der Waals surface area contributed by atoms with Crippen molar-refractivity contribution in [3.05, 3.63) is 132 Å². The third-order valence-electron chi connectivity index (χ3n) is 11.6. The molecular weight excluding hydrogens is 915 g/mol. The number of pyridine rings is 3.